The van der Waals surface area contributed by atoms with Gasteiger partial charge in [-0.15, -0.1) is 11.6 Å². The number of hydrogen-bond donors (Lipinski definition) is 0. The van der Waals surface area contributed by atoms with Gasteiger partial charge in [-0.25, -0.2) is 0 Å². The van der Waals surface area contributed by atoms with E-state index in [9.17, 15) is 8.42 Å². The molecule has 17 heavy (non-hydrogen) atoms. The Balaban J connectivity index is 1.91. The summed E-state index contributed by atoms with van der Waals surface area (Å²) < 4.78 is 27.7. The van der Waals surface area contributed by atoms with Crippen LogP contribution in [0.25, 0.3) is 0 Å². The lowest BCUT2D eigenvalue weighted by Gasteiger charge is -2.35. The Hall–Kier alpha value is 0.120. The molecule has 0 aromatic carbocycles. The topological polar surface area (TPSA) is 43.9 Å². The molecule has 2 fully saturated rings. The molecule has 0 atom stereocenters. The Morgan fingerprint density at radius 1 is 0.882 bits per heavy atom. The van der Waals surface area contributed by atoms with E-state index in [0.29, 0.717) is 32.1 Å². The minimum absolute atomic E-state index is 0.593. The lowest BCUT2D eigenvalue weighted by atomic mass is 10.4. The van der Waals surface area contributed by atoms with E-state index in [2.05, 4.69) is 4.90 Å². The molecule has 0 bridgehead atoms. The molecule has 0 aromatic rings. The summed E-state index contributed by atoms with van der Waals surface area (Å²) >= 11 is 5.68. The van der Waals surface area contributed by atoms with Crippen LogP contribution in [0, 0.1) is 0 Å². The van der Waals surface area contributed by atoms with Crippen molar-refractivity contribution in [2.24, 2.45) is 0 Å². The van der Waals surface area contributed by atoms with Gasteiger partial charge in [-0.3, -0.25) is 4.90 Å². The Bertz CT molecular complexity index is 335. The Morgan fingerprint density at radius 3 is 1.94 bits per heavy atom. The zero-order valence-electron chi connectivity index (χ0n) is 10.0. The molecule has 2 aliphatic rings. The first kappa shape index (κ1) is 13.5. The molecule has 0 amide bonds. The number of hydrogen-bond acceptors (Lipinski definition) is 3. The fourth-order valence-corrected chi connectivity index (χ4v) is 4.30. The van der Waals surface area contributed by atoms with Crippen LogP contribution in [0.5, 0.6) is 0 Å². The number of alkyl halides is 1. The molecule has 0 N–H and O–H groups in total. The summed E-state index contributed by atoms with van der Waals surface area (Å²) in [7, 11) is -3.19. The van der Waals surface area contributed by atoms with Crippen molar-refractivity contribution in [2.75, 3.05) is 51.7 Å². The second-order valence-electron chi connectivity index (χ2n) is 4.54. The maximum absolute atomic E-state index is 12.3. The molecule has 0 aliphatic carbocycles. The van der Waals surface area contributed by atoms with Gasteiger partial charge >= 0.3 is 0 Å². The van der Waals surface area contributed by atoms with Crippen LogP contribution >= 0.6 is 11.6 Å². The predicted octanol–water partition coefficient (Wildman–Crippen LogP) is 0.183. The van der Waals surface area contributed by atoms with Crippen LogP contribution in [0.15, 0.2) is 0 Å². The highest BCUT2D eigenvalue weighted by atomic mass is 35.5. The number of piperazine rings is 1. The normalized spacial score (nSPS) is 25.5. The second kappa shape index (κ2) is 5.84. The lowest BCUT2D eigenvalue weighted by Crippen LogP contribution is -2.52. The minimum Gasteiger partial charge on any atom is -0.300 e. The zero-order valence-corrected chi connectivity index (χ0v) is 11.6. The van der Waals surface area contributed by atoms with Crippen LogP contribution in [0.2, 0.25) is 0 Å². The van der Waals surface area contributed by atoms with E-state index < -0.39 is 10.2 Å². The highest BCUT2D eigenvalue weighted by Crippen LogP contribution is 2.17. The Kier molecular flexibility index (Phi) is 4.65. The molecule has 100 valence electrons. The first-order chi connectivity index (χ1) is 8.14. The van der Waals surface area contributed by atoms with Crippen molar-refractivity contribution in [3.8, 4) is 0 Å². The second-order valence-corrected chi connectivity index (χ2v) is 6.85. The smallest absolute Gasteiger partial charge is 0.282 e. The minimum atomic E-state index is -3.19. The van der Waals surface area contributed by atoms with Crippen molar-refractivity contribution in [1.82, 2.24) is 13.5 Å². The Labute approximate surface area is 108 Å². The highest BCUT2D eigenvalue weighted by molar-refractivity contribution is 7.86. The first-order valence-electron chi connectivity index (χ1n) is 6.18. The first-order valence-corrected chi connectivity index (χ1v) is 8.11. The largest absolute Gasteiger partial charge is 0.300 e. The quantitative estimate of drug-likeness (QED) is 0.691. The van der Waals surface area contributed by atoms with E-state index in [1.807, 2.05) is 0 Å². The number of nitrogens with zero attached hydrogens (tertiary/aromatic N) is 3. The van der Waals surface area contributed by atoms with E-state index in [4.69, 9.17) is 11.6 Å². The van der Waals surface area contributed by atoms with Gasteiger partial charge in [0.25, 0.3) is 10.2 Å². The molecule has 2 heterocycles. The van der Waals surface area contributed by atoms with Crippen molar-refractivity contribution in [3.05, 3.63) is 0 Å². The van der Waals surface area contributed by atoms with Gasteiger partial charge in [-0.1, -0.05) is 0 Å². The molecular weight excluding hydrogens is 262 g/mol. The summed E-state index contributed by atoms with van der Waals surface area (Å²) in [6.45, 7) is 4.98. The van der Waals surface area contributed by atoms with Crippen LogP contribution in [-0.4, -0.2) is 73.6 Å². The molecule has 2 saturated heterocycles. The maximum Gasteiger partial charge on any atom is 0.282 e. The predicted molar refractivity (Wildman–Crippen MR) is 68.5 cm³/mol. The maximum atomic E-state index is 12.3. The van der Waals surface area contributed by atoms with Gasteiger partial charge in [0.1, 0.15) is 0 Å². The van der Waals surface area contributed by atoms with E-state index in [1.54, 1.807) is 8.61 Å². The fourth-order valence-electron chi connectivity index (χ4n) is 2.39. The molecule has 0 spiro atoms. The fraction of sp³-hybridized carbons (Fsp3) is 1.00. The molecule has 0 saturated carbocycles. The summed E-state index contributed by atoms with van der Waals surface area (Å²) in [5.41, 5.74) is 0. The van der Waals surface area contributed by atoms with Gasteiger partial charge in [-0.2, -0.15) is 17.0 Å². The lowest BCUT2D eigenvalue weighted by molar-refractivity contribution is 0.191. The van der Waals surface area contributed by atoms with Crippen LogP contribution in [0.1, 0.15) is 12.8 Å². The molecule has 2 rings (SSSR count). The molecule has 0 unspecified atom stereocenters. The molecular formula is C10H20ClN3O2S. The van der Waals surface area contributed by atoms with Crippen molar-refractivity contribution in [1.29, 1.82) is 0 Å². The average molecular weight is 282 g/mol. The van der Waals surface area contributed by atoms with Crippen molar-refractivity contribution < 1.29 is 8.42 Å². The van der Waals surface area contributed by atoms with Crippen LogP contribution in [-0.2, 0) is 10.2 Å². The van der Waals surface area contributed by atoms with E-state index in [-0.39, 0.29) is 0 Å². The summed E-state index contributed by atoms with van der Waals surface area (Å²) in [5, 5.41) is 0. The molecule has 0 radical (unpaired) electrons. The van der Waals surface area contributed by atoms with E-state index in [1.165, 1.54) is 0 Å². The summed E-state index contributed by atoms with van der Waals surface area (Å²) in [6, 6.07) is 0. The summed E-state index contributed by atoms with van der Waals surface area (Å²) in [5.74, 6) is 0.610. The van der Waals surface area contributed by atoms with E-state index >= 15 is 0 Å². The van der Waals surface area contributed by atoms with Gasteiger partial charge in [0.05, 0.1) is 0 Å². The number of halogens is 1. The zero-order chi connectivity index (χ0) is 12.3. The van der Waals surface area contributed by atoms with Crippen molar-refractivity contribution in [3.63, 3.8) is 0 Å². The standard InChI is InChI=1S/C10H20ClN3O2S/c11-3-6-12-7-9-14(10-8-12)17(15,16)13-4-1-2-5-13/h1-10H2. The third-order valence-electron chi connectivity index (χ3n) is 3.45. The molecule has 7 heteroatoms. The van der Waals surface area contributed by atoms with Crippen molar-refractivity contribution in [2.45, 2.75) is 12.8 Å². The van der Waals surface area contributed by atoms with Crippen molar-refractivity contribution >= 4 is 21.8 Å². The van der Waals surface area contributed by atoms with Gasteiger partial charge in [-0.05, 0) is 12.8 Å². The number of rotatable bonds is 4. The Morgan fingerprint density at radius 2 is 1.41 bits per heavy atom. The monoisotopic (exact) mass is 281 g/mol. The highest BCUT2D eigenvalue weighted by Gasteiger charge is 2.33. The third-order valence-corrected chi connectivity index (χ3v) is 5.65. The summed E-state index contributed by atoms with van der Waals surface area (Å²) in [6.07, 6.45) is 1.98. The molecule has 2 aliphatic heterocycles. The van der Waals surface area contributed by atoms with Gasteiger partial charge in [0.15, 0.2) is 0 Å². The van der Waals surface area contributed by atoms with Gasteiger partial charge in [0, 0.05) is 51.7 Å². The molecule has 5 nitrogen and oxygen atoms in total. The van der Waals surface area contributed by atoms with Crippen LogP contribution in [0.3, 0.4) is 0 Å². The SMILES string of the molecule is O=S(=O)(N1CCCC1)N1CCN(CCCl)CC1. The van der Waals surface area contributed by atoms with E-state index in [0.717, 1.165) is 32.5 Å². The average Bonchev–Trinajstić information content (AvgIpc) is 2.84. The van der Waals surface area contributed by atoms with Crippen LogP contribution in [0.4, 0.5) is 0 Å². The summed E-state index contributed by atoms with van der Waals surface area (Å²) in [4.78, 5) is 2.21. The van der Waals surface area contributed by atoms with Gasteiger partial charge < -0.3 is 0 Å². The molecule has 0 aromatic heterocycles. The van der Waals surface area contributed by atoms with Gasteiger partial charge in [0.2, 0.25) is 0 Å². The third kappa shape index (κ3) is 3.12. The van der Waals surface area contributed by atoms with Crippen LogP contribution < -0.4 is 0 Å².